The number of aryl methyl sites for hydroxylation is 1. The van der Waals surface area contributed by atoms with Crippen LogP contribution in [-0.4, -0.2) is 86.1 Å². The molecule has 1 unspecified atom stereocenters. The molecule has 2 aliphatic rings. The van der Waals surface area contributed by atoms with Crippen LogP contribution in [0.25, 0.3) is 0 Å². The Morgan fingerprint density at radius 3 is 2.60 bits per heavy atom. The third-order valence-electron chi connectivity index (χ3n) is 5.38. The third-order valence-corrected chi connectivity index (χ3v) is 5.38. The quantitative estimate of drug-likeness (QED) is 0.389. The van der Waals surface area contributed by atoms with Gasteiger partial charge in [-0.05, 0) is 39.2 Å². The molecule has 0 saturated carbocycles. The molecule has 3 rings (SSSR count). The maximum Gasteiger partial charge on any atom is 0.287 e. The first-order valence-corrected chi connectivity index (χ1v) is 10.9. The molecule has 0 aromatic carbocycles. The van der Waals surface area contributed by atoms with E-state index in [0.29, 0.717) is 38.5 Å². The van der Waals surface area contributed by atoms with E-state index in [4.69, 9.17) is 14.1 Å². The fourth-order valence-corrected chi connectivity index (χ4v) is 3.69. The first-order chi connectivity index (χ1) is 14.6. The summed E-state index contributed by atoms with van der Waals surface area (Å²) < 4.78 is 10.7. The number of hydrogen-bond acceptors (Lipinski definition) is 5. The molecule has 30 heavy (non-hydrogen) atoms. The minimum absolute atomic E-state index is 0.122. The van der Waals surface area contributed by atoms with Crippen LogP contribution >= 0.6 is 0 Å². The molecular formula is C21H33N5O4. The molecule has 3 heterocycles. The van der Waals surface area contributed by atoms with Crippen LogP contribution in [0.2, 0.25) is 0 Å². The maximum atomic E-state index is 12.5. The van der Waals surface area contributed by atoms with Crippen molar-refractivity contribution in [3.05, 3.63) is 23.7 Å². The van der Waals surface area contributed by atoms with Crippen LogP contribution in [0.5, 0.6) is 0 Å². The zero-order valence-electron chi connectivity index (χ0n) is 18.0. The average Bonchev–Trinajstić information content (AvgIpc) is 3.44. The van der Waals surface area contributed by atoms with Gasteiger partial charge in [0.2, 0.25) is 0 Å². The number of carbonyl (C=O) groups excluding carboxylic acids is 2. The van der Waals surface area contributed by atoms with Gasteiger partial charge in [-0.15, -0.1) is 0 Å². The predicted molar refractivity (Wildman–Crippen MR) is 114 cm³/mol. The van der Waals surface area contributed by atoms with Crippen LogP contribution in [0.3, 0.4) is 0 Å². The summed E-state index contributed by atoms with van der Waals surface area (Å²) in [5.41, 5.74) is 0.831. The van der Waals surface area contributed by atoms with Gasteiger partial charge in [0.15, 0.2) is 11.7 Å². The van der Waals surface area contributed by atoms with Crippen molar-refractivity contribution in [3.63, 3.8) is 0 Å². The van der Waals surface area contributed by atoms with Crippen molar-refractivity contribution in [2.24, 2.45) is 4.99 Å². The Balaban J connectivity index is 1.41. The van der Waals surface area contributed by atoms with Gasteiger partial charge in [0.1, 0.15) is 6.10 Å². The Kier molecular flexibility index (Phi) is 8.12. The Bertz CT molecular complexity index is 734. The highest BCUT2D eigenvalue weighted by Crippen LogP contribution is 2.16. The van der Waals surface area contributed by atoms with E-state index >= 15 is 0 Å². The molecule has 0 bridgehead atoms. The normalized spacial score (nSPS) is 19.8. The highest BCUT2D eigenvalue weighted by Gasteiger charge is 2.30. The third kappa shape index (κ3) is 5.75. The largest absolute Gasteiger partial charge is 0.459 e. The van der Waals surface area contributed by atoms with Crippen molar-refractivity contribution >= 4 is 17.8 Å². The molecule has 1 aromatic heterocycles. The second-order valence-electron chi connectivity index (χ2n) is 7.59. The number of rotatable bonds is 7. The monoisotopic (exact) mass is 419 g/mol. The van der Waals surface area contributed by atoms with E-state index in [1.807, 2.05) is 18.7 Å². The molecule has 2 N–H and O–H groups in total. The van der Waals surface area contributed by atoms with Gasteiger partial charge in [-0.25, -0.2) is 0 Å². The Morgan fingerprint density at radius 2 is 1.97 bits per heavy atom. The number of nitrogens with one attached hydrogen (secondary N) is 2. The fourth-order valence-electron chi connectivity index (χ4n) is 3.69. The SMILES string of the molecule is CCNC(=NCCCNC(=O)c1occc1C)N1CCN(C(=O)C2CCCO2)CC1. The van der Waals surface area contributed by atoms with Crippen LogP contribution in [0.1, 0.15) is 42.3 Å². The fraction of sp³-hybridized carbons (Fsp3) is 0.667. The Hall–Kier alpha value is -2.55. The maximum absolute atomic E-state index is 12.5. The lowest BCUT2D eigenvalue weighted by Crippen LogP contribution is -2.55. The smallest absolute Gasteiger partial charge is 0.287 e. The molecule has 2 fully saturated rings. The van der Waals surface area contributed by atoms with E-state index in [9.17, 15) is 9.59 Å². The average molecular weight is 420 g/mol. The zero-order chi connectivity index (χ0) is 21.3. The molecule has 0 spiro atoms. The first kappa shape index (κ1) is 22.1. The van der Waals surface area contributed by atoms with E-state index in [-0.39, 0.29) is 17.9 Å². The molecule has 2 amide bonds. The summed E-state index contributed by atoms with van der Waals surface area (Å²) >= 11 is 0. The van der Waals surface area contributed by atoms with Gasteiger partial charge in [0, 0.05) is 58.0 Å². The lowest BCUT2D eigenvalue weighted by Gasteiger charge is -2.37. The number of aliphatic imine (C=N–C) groups is 1. The van der Waals surface area contributed by atoms with Crippen LogP contribution in [-0.2, 0) is 9.53 Å². The van der Waals surface area contributed by atoms with Crippen LogP contribution in [0.15, 0.2) is 21.7 Å². The summed E-state index contributed by atoms with van der Waals surface area (Å²) in [7, 11) is 0. The summed E-state index contributed by atoms with van der Waals surface area (Å²) in [6.45, 7) is 9.36. The second kappa shape index (κ2) is 11.0. The van der Waals surface area contributed by atoms with E-state index < -0.39 is 0 Å². The van der Waals surface area contributed by atoms with Crippen molar-refractivity contribution in [1.82, 2.24) is 20.4 Å². The molecule has 0 aliphatic carbocycles. The Morgan fingerprint density at radius 1 is 1.20 bits per heavy atom. The topological polar surface area (TPSA) is 99.4 Å². The Labute approximate surface area is 177 Å². The lowest BCUT2D eigenvalue weighted by atomic mass is 10.2. The van der Waals surface area contributed by atoms with Gasteiger partial charge in [-0.3, -0.25) is 14.6 Å². The molecule has 9 heteroatoms. The van der Waals surface area contributed by atoms with Crippen molar-refractivity contribution < 1.29 is 18.7 Å². The van der Waals surface area contributed by atoms with E-state index in [1.165, 1.54) is 6.26 Å². The van der Waals surface area contributed by atoms with Gasteiger partial charge in [-0.1, -0.05) is 0 Å². The number of hydrogen-bond donors (Lipinski definition) is 2. The van der Waals surface area contributed by atoms with Gasteiger partial charge < -0.3 is 29.6 Å². The second-order valence-corrected chi connectivity index (χ2v) is 7.59. The summed E-state index contributed by atoms with van der Waals surface area (Å²) in [5.74, 6) is 1.15. The molecule has 166 valence electrons. The van der Waals surface area contributed by atoms with Gasteiger partial charge in [0.25, 0.3) is 11.8 Å². The molecule has 0 radical (unpaired) electrons. The van der Waals surface area contributed by atoms with Gasteiger partial charge >= 0.3 is 0 Å². The number of guanidine groups is 1. The summed E-state index contributed by atoms with van der Waals surface area (Å²) in [5, 5.41) is 6.19. The molecule has 9 nitrogen and oxygen atoms in total. The van der Waals surface area contributed by atoms with Crippen LogP contribution < -0.4 is 10.6 Å². The molecule has 2 saturated heterocycles. The van der Waals surface area contributed by atoms with Crippen molar-refractivity contribution in [3.8, 4) is 0 Å². The van der Waals surface area contributed by atoms with Crippen LogP contribution in [0, 0.1) is 6.92 Å². The number of ether oxygens (including phenoxy) is 1. The highest BCUT2D eigenvalue weighted by atomic mass is 16.5. The summed E-state index contributed by atoms with van der Waals surface area (Å²) in [6.07, 6.45) is 3.80. The molecule has 1 aromatic rings. The van der Waals surface area contributed by atoms with Gasteiger partial charge in [-0.2, -0.15) is 0 Å². The van der Waals surface area contributed by atoms with Gasteiger partial charge in [0.05, 0.1) is 6.26 Å². The minimum Gasteiger partial charge on any atom is -0.459 e. The van der Waals surface area contributed by atoms with Crippen molar-refractivity contribution in [2.75, 3.05) is 52.4 Å². The first-order valence-electron chi connectivity index (χ1n) is 10.9. The summed E-state index contributed by atoms with van der Waals surface area (Å²) in [6, 6.07) is 1.77. The van der Waals surface area contributed by atoms with Crippen molar-refractivity contribution in [2.45, 2.75) is 39.2 Å². The lowest BCUT2D eigenvalue weighted by molar-refractivity contribution is -0.142. The minimum atomic E-state index is -0.251. The number of amides is 2. The standard InChI is InChI=1S/C21H33N5O4/c1-3-22-21(24-9-5-8-23-19(27)18-16(2)7-15-30-18)26-12-10-25(11-13-26)20(28)17-6-4-14-29-17/h7,15,17H,3-6,8-14H2,1-2H3,(H,22,24)(H,23,27). The van der Waals surface area contributed by atoms with E-state index in [1.54, 1.807) is 6.07 Å². The van der Waals surface area contributed by atoms with E-state index in [2.05, 4.69) is 15.5 Å². The summed E-state index contributed by atoms with van der Waals surface area (Å²) in [4.78, 5) is 33.3. The number of carbonyl (C=O) groups is 2. The van der Waals surface area contributed by atoms with Crippen LogP contribution in [0.4, 0.5) is 0 Å². The number of piperazine rings is 1. The molecule has 2 aliphatic heterocycles. The van der Waals surface area contributed by atoms with Crippen molar-refractivity contribution in [1.29, 1.82) is 0 Å². The predicted octanol–water partition coefficient (Wildman–Crippen LogP) is 0.997. The number of nitrogens with zero attached hydrogens (tertiary/aromatic N) is 3. The zero-order valence-corrected chi connectivity index (χ0v) is 18.0. The molecule has 1 atom stereocenters. The number of furan rings is 1. The highest BCUT2D eigenvalue weighted by molar-refractivity contribution is 5.92. The van der Waals surface area contributed by atoms with E-state index in [0.717, 1.165) is 50.4 Å². The molecular weight excluding hydrogens is 386 g/mol.